The van der Waals surface area contributed by atoms with Gasteiger partial charge in [0, 0.05) is 31.3 Å². The van der Waals surface area contributed by atoms with Gasteiger partial charge in [0.05, 0.1) is 0 Å². The molecule has 0 fully saturated rings. The Kier molecular flexibility index (Phi) is 16.7. The Morgan fingerprint density at radius 3 is 1.88 bits per heavy atom. The summed E-state index contributed by atoms with van der Waals surface area (Å²) in [4.78, 5) is 43.1. The van der Waals surface area contributed by atoms with Crippen molar-refractivity contribution in [2.75, 3.05) is 6.54 Å². The third-order valence-corrected chi connectivity index (χ3v) is 2.84. The van der Waals surface area contributed by atoms with Crippen molar-refractivity contribution in [3.05, 3.63) is 0 Å². The number of carboxylic acids is 3. The fraction of sp³-hybridized carbons (Fsp3) is 0.667. The standard InChI is InChI=1S/C12H20N2O8.2Na/c13-7(10(19)20)3-1-2-4-14-11(21)12(22,5-8(15)16)6-9(17)18;;/h7,22H,1-6,13H2,(H,14,21)(H,15,16)(H,17,18)(H,19,20);;/q;2*+1/p-2/t7-;;/m0../s1. The zero-order valence-electron chi connectivity index (χ0n) is 13.7. The monoisotopic (exact) mass is 364 g/mol. The molecule has 0 spiro atoms. The van der Waals surface area contributed by atoms with E-state index < -0.39 is 48.3 Å². The number of hydrogen-bond donors (Lipinski definition) is 4. The minimum atomic E-state index is -2.66. The van der Waals surface area contributed by atoms with Crippen LogP contribution in [0.2, 0.25) is 0 Å². The van der Waals surface area contributed by atoms with Crippen LogP contribution in [0.1, 0.15) is 32.1 Å². The molecular weight excluding hydrogens is 346 g/mol. The van der Waals surface area contributed by atoms with Crippen molar-refractivity contribution in [2.45, 2.75) is 43.7 Å². The van der Waals surface area contributed by atoms with Gasteiger partial charge in [-0.2, -0.15) is 0 Å². The quantitative estimate of drug-likeness (QED) is 0.203. The van der Waals surface area contributed by atoms with E-state index in [1.807, 2.05) is 0 Å². The molecule has 12 heteroatoms. The second-order valence-electron chi connectivity index (χ2n) is 4.83. The maximum Gasteiger partial charge on any atom is 1.00 e. The van der Waals surface area contributed by atoms with Gasteiger partial charge in [0.25, 0.3) is 5.91 Å². The maximum atomic E-state index is 11.7. The molecule has 0 unspecified atom stereocenters. The van der Waals surface area contributed by atoms with Crippen LogP contribution in [0.15, 0.2) is 0 Å². The van der Waals surface area contributed by atoms with Crippen molar-refractivity contribution < 1.29 is 98.7 Å². The van der Waals surface area contributed by atoms with E-state index in [2.05, 4.69) is 5.32 Å². The number of carboxylic acid groups (broad SMARTS) is 3. The van der Waals surface area contributed by atoms with Crippen molar-refractivity contribution in [3.63, 3.8) is 0 Å². The van der Waals surface area contributed by atoms with Gasteiger partial charge in [-0.05, 0) is 19.3 Å². The van der Waals surface area contributed by atoms with Gasteiger partial charge in [0.2, 0.25) is 0 Å². The second kappa shape index (κ2) is 14.0. The topological polar surface area (TPSA) is 193 Å². The molecule has 0 bridgehead atoms. The van der Waals surface area contributed by atoms with Gasteiger partial charge in [-0.3, -0.25) is 9.59 Å². The molecule has 126 valence electrons. The van der Waals surface area contributed by atoms with Gasteiger partial charge < -0.3 is 41.1 Å². The van der Waals surface area contributed by atoms with Crippen molar-refractivity contribution in [1.29, 1.82) is 0 Å². The number of amides is 1. The third kappa shape index (κ3) is 12.2. The molecule has 0 aromatic rings. The number of rotatable bonds is 11. The number of carbonyl (C=O) groups is 4. The molecule has 0 aliphatic heterocycles. The molecule has 0 aromatic heterocycles. The van der Waals surface area contributed by atoms with Gasteiger partial charge in [0.1, 0.15) is 6.04 Å². The molecule has 0 aliphatic carbocycles. The summed E-state index contributed by atoms with van der Waals surface area (Å²) in [6.07, 6.45) is -1.51. The fourth-order valence-corrected chi connectivity index (χ4v) is 1.68. The van der Waals surface area contributed by atoms with Crippen LogP contribution in [0.4, 0.5) is 0 Å². The summed E-state index contributed by atoms with van der Waals surface area (Å²) in [6, 6.07) is -1.02. The average molecular weight is 364 g/mol. The minimum absolute atomic E-state index is 0. The van der Waals surface area contributed by atoms with Gasteiger partial charge >= 0.3 is 65.1 Å². The normalized spacial score (nSPS) is 11.4. The summed E-state index contributed by atoms with van der Waals surface area (Å²) in [5, 5.41) is 41.5. The number of aliphatic carboxylic acids is 3. The molecule has 10 nitrogen and oxygen atoms in total. The van der Waals surface area contributed by atoms with Gasteiger partial charge in [0.15, 0.2) is 5.60 Å². The number of aliphatic hydroxyl groups is 1. The van der Waals surface area contributed by atoms with Gasteiger partial charge in [-0.15, -0.1) is 0 Å². The first kappa shape index (κ1) is 28.6. The number of carbonyl (C=O) groups excluding carboxylic acids is 3. The van der Waals surface area contributed by atoms with E-state index in [1.54, 1.807) is 0 Å². The van der Waals surface area contributed by atoms with E-state index in [4.69, 9.17) is 10.8 Å². The third-order valence-electron chi connectivity index (χ3n) is 2.84. The van der Waals surface area contributed by atoms with Crippen molar-refractivity contribution in [3.8, 4) is 0 Å². The van der Waals surface area contributed by atoms with Crippen LogP contribution in [0.25, 0.3) is 0 Å². The SMILES string of the molecule is N[C@@H](CCCCNC(=O)C(O)(CC(=O)[O-])CC(=O)[O-])C(=O)O.[Na+].[Na+]. The largest absolute Gasteiger partial charge is 1.00 e. The predicted octanol–water partition coefficient (Wildman–Crippen LogP) is -10.3. The van der Waals surface area contributed by atoms with Crippen LogP contribution < -0.4 is 80.4 Å². The molecule has 1 atom stereocenters. The molecule has 0 saturated carbocycles. The van der Waals surface area contributed by atoms with E-state index in [9.17, 15) is 34.5 Å². The van der Waals surface area contributed by atoms with E-state index in [0.717, 1.165) is 0 Å². The Morgan fingerprint density at radius 1 is 1.04 bits per heavy atom. The zero-order valence-corrected chi connectivity index (χ0v) is 17.7. The number of nitrogens with two attached hydrogens (primary N) is 1. The van der Waals surface area contributed by atoms with Crippen molar-refractivity contribution in [1.82, 2.24) is 5.32 Å². The first-order valence-electron chi connectivity index (χ1n) is 6.47. The predicted molar refractivity (Wildman–Crippen MR) is 66.7 cm³/mol. The number of unbranched alkanes of at least 4 members (excludes halogenated alkanes) is 1. The first-order valence-corrected chi connectivity index (χ1v) is 6.47. The van der Waals surface area contributed by atoms with E-state index >= 15 is 0 Å². The molecule has 0 aromatic carbocycles. The molecular formula is C12H18N2Na2O8. The van der Waals surface area contributed by atoms with Gasteiger partial charge in [-0.1, -0.05) is 0 Å². The van der Waals surface area contributed by atoms with E-state index in [0.29, 0.717) is 12.8 Å². The Morgan fingerprint density at radius 2 is 1.50 bits per heavy atom. The van der Waals surface area contributed by atoms with Crippen molar-refractivity contribution >= 4 is 23.8 Å². The number of nitrogens with one attached hydrogen (secondary N) is 1. The Hall–Kier alpha value is -0.200. The Bertz CT molecular complexity index is 431. The first-order chi connectivity index (χ1) is 10.1. The molecule has 0 radical (unpaired) electrons. The molecule has 0 saturated heterocycles. The zero-order chi connectivity index (χ0) is 17.3. The molecule has 1 amide bonds. The summed E-state index contributed by atoms with van der Waals surface area (Å²) < 4.78 is 0. The van der Waals surface area contributed by atoms with Crippen LogP contribution >= 0.6 is 0 Å². The summed E-state index contributed by atoms with van der Waals surface area (Å²) >= 11 is 0. The Balaban J connectivity index is -0.00000220. The summed E-state index contributed by atoms with van der Waals surface area (Å²) in [5.74, 6) is -5.90. The summed E-state index contributed by atoms with van der Waals surface area (Å²) in [5.41, 5.74) is 2.61. The summed E-state index contributed by atoms with van der Waals surface area (Å²) in [6.45, 7) is -0.00637. The summed E-state index contributed by atoms with van der Waals surface area (Å²) in [7, 11) is 0. The molecule has 0 heterocycles. The van der Waals surface area contributed by atoms with E-state index in [-0.39, 0.29) is 72.1 Å². The van der Waals surface area contributed by atoms with Crippen LogP contribution in [0.3, 0.4) is 0 Å². The maximum absolute atomic E-state index is 11.7. The minimum Gasteiger partial charge on any atom is -0.550 e. The van der Waals surface area contributed by atoms with Crippen LogP contribution in [0.5, 0.6) is 0 Å². The average Bonchev–Trinajstić information content (AvgIpc) is 2.35. The molecule has 24 heavy (non-hydrogen) atoms. The molecule has 0 rings (SSSR count). The van der Waals surface area contributed by atoms with E-state index in [1.165, 1.54) is 0 Å². The molecule has 5 N–H and O–H groups in total. The van der Waals surface area contributed by atoms with Crippen LogP contribution in [-0.2, 0) is 19.2 Å². The van der Waals surface area contributed by atoms with Crippen molar-refractivity contribution in [2.24, 2.45) is 5.73 Å². The number of hydrogen-bond acceptors (Lipinski definition) is 8. The molecule has 0 aliphatic rings. The second-order valence-corrected chi connectivity index (χ2v) is 4.83. The van der Waals surface area contributed by atoms with Crippen LogP contribution in [-0.4, -0.2) is 52.2 Å². The van der Waals surface area contributed by atoms with Gasteiger partial charge in [-0.25, -0.2) is 0 Å². The smallest absolute Gasteiger partial charge is 0.550 e. The van der Waals surface area contributed by atoms with Crippen LogP contribution in [0, 0.1) is 0 Å². The fourth-order valence-electron chi connectivity index (χ4n) is 1.68. The Labute approximate surface area is 182 Å².